The van der Waals surface area contributed by atoms with Gasteiger partial charge in [-0.15, -0.1) is 0 Å². The van der Waals surface area contributed by atoms with Crippen LogP contribution in [0.15, 0.2) is 0 Å². The van der Waals surface area contributed by atoms with Crippen LogP contribution in [0.2, 0.25) is 0 Å². The van der Waals surface area contributed by atoms with Crippen LogP contribution in [-0.2, 0) is 20.4 Å². The molecule has 5 aliphatic carbocycles. The van der Waals surface area contributed by atoms with Crippen molar-refractivity contribution in [2.45, 2.75) is 71.3 Å². The summed E-state index contributed by atoms with van der Waals surface area (Å²) in [6.07, 6.45) is 12.4. The normalized spacial score (nSPS) is 50.5. The lowest BCUT2D eigenvalue weighted by atomic mass is 9.37. The van der Waals surface area contributed by atoms with Gasteiger partial charge in [-0.3, -0.25) is 4.21 Å². The van der Waals surface area contributed by atoms with Crippen molar-refractivity contribution in [1.29, 1.82) is 0 Å². The van der Waals surface area contributed by atoms with Gasteiger partial charge in [-0.05, 0) is 78.9 Å². The summed E-state index contributed by atoms with van der Waals surface area (Å²) in [5.74, 6) is 4.09. The Labute approximate surface area is 160 Å². The summed E-state index contributed by atoms with van der Waals surface area (Å²) >= 11 is 0. The van der Waals surface area contributed by atoms with Gasteiger partial charge in [0.15, 0.2) is 0 Å². The SMILES string of the molecule is C[C@H]1CCC[C@]2(C)[C@@H]1CC[C@@]13CC[C@@H](C[C@@H]21)[C@H](CS(C)=O)[C@H]3O.O=C=O. The molecule has 5 rings (SSSR count). The molecule has 0 amide bonds. The van der Waals surface area contributed by atoms with Gasteiger partial charge in [0.05, 0.1) is 6.10 Å². The van der Waals surface area contributed by atoms with E-state index in [1.807, 2.05) is 6.26 Å². The molecule has 26 heavy (non-hydrogen) atoms. The van der Waals surface area contributed by atoms with Crippen molar-refractivity contribution in [3.63, 3.8) is 0 Å². The van der Waals surface area contributed by atoms with E-state index in [1.54, 1.807) is 0 Å². The van der Waals surface area contributed by atoms with Crippen LogP contribution in [0.1, 0.15) is 65.2 Å². The molecule has 0 aromatic rings. The van der Waals surface area contributed by atoms with Gasteiger partial charge >= 0.3 is 6.15 Å². The molecule has 0 heterocycles. The molecule has 0 saturated heterocycles. The summed E-state index contributed by atoms with van der Waals surface area (Å²) in [7, 11) is -0.785. The fourth-order valence-corrected chi connectivity index (χ4v) is 8.89. The molecule has 1 spiro atoms. The molecular weight excluding hydrogens is 348 g/mol. The minimum atomic E-state index is -0.785. The Morgan fingerprint density at radius 3 is 2.46 bits per heavy atom. The van der Waals surface area contributed by atoms with Gasteiger partial charge in [-0.2, -0.15) is 9.59 Å². The number of hydrogen-bond acceptors (Lipinski definition) is 4. The van der Waals surface area contributed by atoms with Crippen LogP contribution in [0, 0.1) is 40.4 Å². The average molecular weight is 383 g/mol. The first-order chi connectivity index (χ1) is 12.3. The Morgan fingerprint density at radius 2 is 1.81 bits per heavy atom. The Bertz CT molecular complexity index is 587. The van der Waals surface area contributed by atoms with Gasteiger partial charge in [0.2, 0.25) is 0 Å². The van der Waals surface area contributed by atoms with Gasteiger partial charge in [0.25, 0.3) is 0 Å². The molecule has 5 aliphatic rings. The van der Waals surface area contributed by atoms with Gasteiger partial charge in [0, 0.05) is 22.8 Å². The van der Waals surface area contributed by atoms with E-state index in [9.17, 15) is 9.32 Å². The van der Waals surface area contributed by atoms with Gasteiger partial charge in [0.1, 0.15) is 0 Å². The second-order valence-electron chi connectivity index (χ2n) is 9.77. The Morgan fingerprint density at radius 1 is 1.15 bits per heavy atom. The highest BCUT2D eigenvalue weighted by Crippen LogP contribution is 2.70. The van der Waals surface area contributed by atoms with E-state index in [-0.39, 0.29) is 17.7 Å². The maximum absolute atomic E-state index is 11.8. The Balaban J connectivity index is 0.000000613. The molecule has 1 unspecified atom stereocenters. The Hall–Kier alpha value is -0.510. The van der Waals surface area contributed by atoms with Crippen LogP contribution in [0.3, 0.4) is 0 Å². The molecular formula is C21H34O4S. The standard InChI is InChI=1S/C20H34O2S.CO2/c1-13-5-4-8-19(2)16(13)7-10-20-9-6-14(11-17(19)20)15(18(20)21)12-23(3)22;2-1-3/h13-18,21H,4-12H2,1-3H3;/t13-,14-,15-,16+,17-,18+,19+,20-,23?;/m0./s1. The highest BCUT2D eigenvalue weighted by Gasteiger charge is 2.65. The summed E-state index contributed by atoms with van der Waals surface area (Å²) in [5, 5.41) is 11.3. The Kier molecular flexibility index (Phi) is 5.82. The van der Waals surface area contributed by atoms with Gasteiger partial charge in [-0.25, -0.2) is 0 Å². The predicted molar refractivity (Wildman–Crippen MR) is 101 cm³/mol. The molecule has 5 saturated carbocycles. The number of fused-ring (bicyclic) bond motifs is 3. The van der Waals surface area contributed by atoms with Crippen molar-refractivity contribution < 1.29 is 18.9 Å². The van der Waals surface area contributed by atoms with E-state index >= 15 is 0 Å². The van der Waals surface area contributed by atoms with Crippen molar-refractivity contribution in [2.24, 2.45) is 40.4 Å². The molecule has 148 valence electrons. The topological polar surface area (TPSA) is 71.4 Å². The van der Waals surface area contributed by atoms with E-state index in [4.69, 9.17) is 9.59 Å². The zero-order chi connectivity index (χ0) is 19.1. The fraction of sp³-hybridized carbons (Fsp3) is 0.952. The van der Waals surface area contributed by atoms with Crippen molar-refractivity contribution in [3.8, 4) is 0 Å². The summed E-state index contributed by atoms with van der Waals surface area (Å²) in [6, 6.07) is 0. The predicted octanol–water partition coefficient (Wildman–Crippen LogP) is 3.41. The number of rotatable bonds is 2. The first kappa shape index (κ1) is 20.2. The van der Waals surface area contributed by atoms with Crippen molar-refractivity contribution in [2.75, 3.05) is 12.0 Å². The van der Waals surface area contributed by atoms with Crippen molar-refractivity contribution in [1.82, 2.24) is 0 Å². The van der Waals surface area contributed by atoms with Gasteiger partial charge in [-0.1, -0.05) is 26.7 Å². The first-order valence-electron chi connectivity index (χ1n) is 10.3. The highest BCUT2D eigenvalue weighted by atomic mass is 32.2. The number of aliphatic hydroxyl groups excluding tert-OH is 1. The van der Waals surface area contributed by atoms with Crippen LogP contribution >= 0.6 is 0 Å². The average Bonchev–Trinajstić information content (AvgIpc) is 2.58. The smallest absolute Gasteiger partial charge is 0.373 e. The second-order valence-corrected chi connectivity index (χ2v) is 11.3. The van der Waals surface area contributed by atoms with Crippen molar-refractivity contribution in [3.05, 3.63) is 0 Å². The number of carbonyl (C=O) groups excluding carboxylic acids is 2. The molecule has 5 heteroatoms. The molecule has 0 aromatic carbocycles. The highest BCUT2D eigenvalue weighted by molar-refractivity contribution is 7.84. The fourth-order valence-electron chi connectivity index (χ4n) is 7.89. The minimum Gasteiger partial charge on any atom is -0.392 e. The largest absolute Gasteiger partial charge is 0.392 e. The van der Waals surface area contributed by atoms with E-state index in [0.717, 1.165) is 17.6 Å². The quantitative estimate of drug-likeness (QED) is 0.794. The number of aliphatic hydroxyl groups is 1. The van der Waals surface area contributed by atoms with E-state index in [2.05, 4.69) is 13.8 Å². The molecule has 2 bridgehead atoms. The summed E-state index contributed by atoms with van der Waals surface area (Å²) < 4.78 is 11.8. The van der Waals surface area contributed by atoms with Crippen molar-refractivity contribution >= 4 is 17.0 Å². The maximum Gasteiger partial charge on any atom is 0.373 e. The summed E-state index contributed by atoms with van der Waals surface area (Å²) in [6.45, 7) is 5.04. The molecule has 0 radical (unpaired) electrons. The zero-order valence-electron chi connectivity index (χ0n) is 16.4. The van der Waals surface area contributed by atoms with Crippen LogP contribution in [0.4, 0.5) is 0 Å². The second kappa shape index (κ2) is 7.48. The van der Waals surface area contributed by atoms with Gasteiger partial charge < -0.3 is 5.11 Å². The minimum absolute atomic E-state index is 0.154. The molecule has 5 fully saturated rings. The van der Waals surface area contributed by atoms with E-state index in [0.29, 0.717) is 23.2 Å². The third-order valence-electron chi connectivity index (χ3n) is 8.87. The van der Waals surface area contributed by atoms with Crippen LogP contribution < -0.4 is 0 Å². The van der Waals surface area contributed by atoms with Crippen LogP contribution in [0.5, 0.6) is 0 Å². The lowest BCUT2D eigenvalue weighted by molar-refractivity contribution is -0.229. The number of hydrogen-bond donors (Lipinski definition) is 1. The molecule has 1 N–H and O–H groups in total. The lowest BCUT2D eigenvalue weighted by Gasteiger charge is -2.69. The molecule has 9 atom stereocenters. The maximum atomic E-state index is 11.8. The monoisotopic (exact) mass is 382 g/mol. The zero-order valence-corrected chi connectivity index (χ0v) is 17.2. The molecule has 0 aliphatic heterocycles. The summed E-state index contributed by atoms with van der Waals surface area (Å²) in [4.78, 5) is 16.2. The first-order valence-corrected chi connectivity index (χ1v) is 12.0. The molecule has 0 aromatic heterocycles. The van der Waals surface area contributed by atoms with E-state index in [1.165, 1.54) is 51.4 Å². The molecule has 4 nitrogen and oxygen atoms in total. The lowest BCUT2D eigenvalue weighted by Crippen LogP contribution is -2.65. The third-order valence-corrected chi connectivity index (χ3v) is 9.72. The third kappa shape index (κ3) is 3.04. The van der Waals surface area contributed by atoms with Crippen LogP contribution in [0.25, 0.3) is 0 Å². The summed E-state index contributed by atoms with van der Waals surface area (Å²) in [5.41, 5.74) is 0.604. The van der Waals surface area contributed by atoms with Crippen LogP contribution in [-0.4, -0.2) is 33.6 Å². The van der Waals surface area contributed by atoms with E-state index < -0.39 is 10.8 Å².